The van der Waals surface area contributed by atoms with Crippen molar-refractivity contribution in [3.63, 3.8) is 0 Å². The summed E-state index contributed by atoms with van der Waals surface area (Å²) in [5, 5.41) is 15.1. The number of hydrogen-bond acceptors (Lipinski definition) is 3. The van der Waals surface area contributed by atoms with E-state index >= 15 is 0 Å². The first kappa shape index (κ1) is 50.0. The van der Waals surface area contributed by atoms with Crippen molar-refractivity contribution in [1.29, 1.82) is 0 Å². The predicted octanol–water partition coefficient (Wildman–Crippen LogP) is 13.0. The maximum atomic E-state index is 7.03. The summed E-state index contributed by atoms with van der Waals surface area (Å²) >= 11 is 7.03. The first-order valence-electron chi connectivity index (χ1n) is 28.1. The van der Waals surface area contributed by atoms with E-state index < -0.39 is 16.1 Å². The molecule has 12 aromatic carbocycles. The average molecular weight is 1110 g/mol. The normalized spacial score (nSPS) is 11.9. The highest BCUT2D eigenvalue weighted by Gasteiger charge is 2.43. The summed E-state index contributed by atoms with van der Waals surface area (Å²) in [4.78, 5) is 18.8. The van der Waals surface area contributed by atoms with E-state index in [4.69, 9.17) is 26.6 Å². The van der Waals surface area contributed by atoms with Crippen LogP contribution in [0.2, 0.25) is 5.28 Å². The summed E-state index contributed by atoms with van der Waals surface area (Å²) < 4.78 is 2.42. The summed E-state index contributed by atoms with van der Waals surface area (Å²) in [7, 11) is -5.91. The Labute approximate surface area is 488 Å². The summed E-state index contributed by atoms with van der Waals surface area (Å²) in [6.07, 6.45) is 0. The molecule has 0 unspecified atom stereocenters. The molecule has 0 radical (unpaired) electrons. The minimum atomic E-state index is -3.06. The van der Waals surface area contributed by atoms with Gasteiger partial charge >= 0.3 is 0 Å². The van der Waals surface area contributed by atoms with Gasteiger partial charge in [-0.25, -0.2) is 4.98 Å². The van der Waals surface area contributed by atoms with Crippen LogP contribution in [-0.2, 0) is 0 Å². The lowest BCUT2D eigenvalue weighted by Gasteiger charge is -2.34. The van der Waals surface area contributed by atoms with Crippen molar-refractivity contribution < 1.29 is 0 Å². The molecule has 0 aliphatic rings. The number of H-pyrrole nitrogens is 1. The second-order valence-electron chi connectivity index (χ2n) is 21.3. The highest BCUT2D eigenvalue weighted by atomic mass is 35.5. The SMILES string of the molecule is Clc1nc(-c2cccc([Si](c3ccccc3)(c3ccccc3)c3ccccc3)c2)nc(-c2cccc([Si](c3ccccc3)(c3ccccc3)c3ccc(-c4cccc(-n5c6ccccc6c6c7[nH]c8ccccc8c7ccc65)c4)cc3)c2)n1. The molecule has 83 heavy (non-hydrogen) atoms. The van der Waals surface area contributed by atoms with E-state index in [1.54, 1.807) is 0 Å². The Bertz CT molecular complexity index is 4720. The first-order valence-corrected chi connectivity index (χ1v) is 32.5. The van der Waals surface area contributed by atoms with Gasteiger partial charge in [0.05, 0.1) is 16.6 Å². The van der Waals surface area contributed by atoms with E-state index in [9.17, 15) is 0 Å². The Kier molecular flexibility index (Phi) is 12.5. The third-order valence-corrected chi connectivity index (χ3v) is 26.5. The van der Waals surface area contributed by atoms with Crippen LogP contribution in [0.4, 0.5) is 0 Å². The Morgan fingerprint density at radius 2 is 0.735 bits per heavy atom. The van der Waals surface area contributed by atoms with Gasteiger partial charge in [-0.2, -0.15) is 9.97 Å². The third-order valence-electron chi connectivity index (χ3n) is 16.8. The number of hydrogen-bond donors (Lipinski definition) is 1. The molecular weight excluding hydrogens is 1060 g/mol. The maximum Gasteiger partial charge on any atom is 0.226 e. The fourth-order valence-corrected chi connectivity index (χ4v) is 22.9. The molecule has 392 valence electrons. The van der Waals surface area contributed by atoms with Gasteiger partial charge in [-0.1, -0.05) is 279 Å². The van der Waals surface area contributed by atoms with E-state index in [-0.39, 0.29) is 5.28 Å². The summed E-state index contributed by atoms with van der Waals surface area (Å²) in [5.74, 6) is 1.03. The Balaban J connectivity index is 0.841. The molecule has 0 saturated heterocycles. The number of rotatable bonds is 12. The van der Waals surface area contributed by atoms with E-state index in [1.807, 2.05) is 0 Å². The molecule has 0 amide bonds. The van der Waals surface area contributed by atoms with Crippen LogP contribution >= 0.6 is 11.6 Å². The molecule has 0 fully saturated rings. The second-order valence-corrected chi connectivity index (χ2v) is 29.2. The fraction of sp³-hybridized carbons (Fsp3) is 0. The third kappa shape index (κ3) is 8.39. The molecule has 5 nitrogen and oxygen atoms in total. The molecule has 0 atom stereocenters. The molecular formula is C75H52ClN5Si2. The van der Waals surface area contributed by atoms with Crippen molar-refractivity contribution >= 4 is 113 Å². The molecule has 3 aromatic heterocycles. The van der Waals surface area contributed by atoms with E-state index in [2.05, 4.69) is 319 Å². The van der Waals surface area contributed by atoms with Crippen molar-refractivity contribution in [2.75, 3.05) is 0 Å². The molecule has 15 rings (SSSR count). The summed E-state index contributed by atoms with van der Waals surface area (Å²) in [6, 6.07) is 113. The maximum absolute atomic E-state index is 7.03. The molecule has 0 bridgehead atoms. The standard InChI is InChI=1S/C75H52ClN5Si2/c76-75-79-73(54-24-21-37-63(50-54)82(57-27-6-1-7-28-57,58-29-8-2-9-30-58)59-31-10-3-11-32-59)78-74(80-75)55-25-22-38-64(51-55)83(60-33-12-4-13-34-60,61-35-14-5-15-36-61)62-45-43-52(44-46-62)53-23-20-26-56(49-53)81-69-42-19-17-40-67(69)71-70(81)48-47-66-65-39-16-18-41-68(65)77-72(66)71/h1-51,77H. The number of nitrogens with one attached hydrogen (secondary N) is 1. The zero-order valence-electron chi connectivity index (χ0n) is 45.1. The van der Waals surface area contributed by atoms with Gasteiger partial charge in [0.15, 0.2) is 27.8 Å². The molecule has 3 heterocycles. The van der Waals surface area contributed by atoms with Crippen molar-refractivity contribution in [2.24, 2.45) is 0 Å². The Hall–Kier alpha value is -10.0. The van der Waals surface area contributed by atoms with Crippen LogP contribution < -0.4 is 41.5 Å². The van der Waals surface area contributed by atoms with Gasteiger partial charge in [-0.15, -0.1) is 0 Å². The molecule has 0 saturated carbocycles. The topological polar surface area (TPSA) is 59.4 Å². The first-order chi connectivity index (χ1) is 41.1. The second kappa shape index (κ2) is 20.8. The van der Waals surface area contributed by atoms with Crippen molar-refractivity contribution in [1.82, 2.24) is 24.5 Å². The van der Waals surface area contributed by atoms with Crippen molar-refractivity contribution in [3.05, 3.63) is 315 Å². The van der Waals surface area contributed by atoms with E-state index in [1.165, 1.54) is 79.6 Å². The quantitative estimate of drug-likeness (QED) is 0.0980. The Morgan fingerprint density at radius 1 is 0.301 bits per heavy atom. The molecule has 8 heteroatoms. The van der Waals surface area contributed by atoms with Gasteiger partial charge in [-0.05, 0) is 94.6 Å². The number of benzene rings is 12. The number of nitrogens with zero attached hydrogens (tertiary/aromatic N) is 4. The van der Waals surface area contributed by atoms with Crippen LogP contribution in [0.3, 0.4) is 0 Å². The lowest BCUT2D eigenvalue weighted by molar-refractivity contribution is 1.07. The van der Waals surface area contributed by atoms with Gasteiger partial charge < -0.3 is 9.55 Å². The lowest BCUT2D eigenvalue weighted by atomic mass is 10.1. The van der Waals surface area contributed by atoms with Crippen LogP contribution in [0.5, 0.6) is 0 Å². The minimum Gasteiger partial charge on any atom is -0.354 e. The molecule has 0 spiro atoms. The number of halogens is 1. The fourth-order valence-electron chi connectivity index (χ4n) is 13.2. The highest BCUT2D eigenvalue weighted by Crippen LogP contribution is 2.39. The van der Waals surface area contributed by atoms with Gasteiger partial charge in [0.25, 0.3) is 0 Å². The van der Waals surface area contributed by atoms with Crippen LogP contribution in [0, 0.1) is 0 Å². The van der Waals surface area contributed by atoms with Crippen LogP contribution in [-0.4, -0.2) is 40.7 Å². The lowest BCUT2D eigenvalue weighted by Crippen LogP contribution is -2.74. The van der Waals surface area contributed by atoms with Crippen LogP contribution in [0.1, 0.15) is 0 Å². The monoisotopic (exact) mass is 1110 g/mol. The van der Waals surface area contributed by atoms with Crippen LogP contribution in [0.25, 0.3) is 83.2 Å². The van der Waals surface area contributed by atoms with Crippen LogP contribution in [0.15, 0.2) is 309 Å². The molecule has 0 aliphatic heterocycles. The van der Waals surface area contributed by atoms with Gasteiger partial charge in [0, 0.05) is 43.9 Å². The summed E-state index contributed by atoms with van der Waals surface area (Å²) in [5.41, 5.74) is 9.76. The van der Waals surface area contributed by atoms with Crippen molar-refractivity contribution in [2.45, 2.75) is 0 Å². The molecule has 0 aliphatic carbocycles. The molecule has 15 aromatic rings. The minimum absolute atomic E-state index is 0.137. The predicted molar refractivity (Wildman–Crippen MR) is 352 cm³/mol. The zero-order chi connectivity index (χ0) is 55.3. The van der Waals surface area contributed by atoms with E-state index in [0.717, 1.165) is 33.5 Å². The van der Waals surface area contributed by atoms with Crippen molar-refractivity contribution in [3.8, 4) is 39.6 Å². The smallest absolute Gasteiger partial charge is 0.226 e. The number of fused-ring (bicyclic) bond motifs is 7. The summed E-state index contributed by atoms with van der Waals surface area (Å²) in [6.45, 7) is 0. The van der Waals surface area contributed by atoms with Gasteiger partial charge in [-0.3, -0.25) is 0 Å². The average Bonchev–Trinajstić information content (AvgIpc) is 4.19. The molecule has 1 N–H and O–H groups in total. The van der Waals surface area contributed by atoms with Gasteiger partial charge in [0.2, 0.25) is 5.28 Å². The number of aromatic amines is 1. The number of aromatic nitrogens is 5. The number of para-hydroxylation sites is 2. The Morgan fingerprint density at radius 3 is 1.27 bits per heavy atom. The van der Waals surface area contributed by atoms with E-state index in [0.29, 0.717) is 11.6 Å². The highest BCUT2D eigenvalue weighted by molar-refractivity contribution is 7.20. The largest absolute Gasteiger partial charge is 0.354 e. The van der Waals surface area contributed by atoms with Gasteiger partial charge in [0.1, 0.15) is 0 Å². The zero-order valence-corrected chi connectivity index (χ0v) is 47.9.